The first-order valence-corrected chi connectivity index (χ1v) is 7.58. The normalized spacial score (nSPS) is 12.4. The van der Waals surface area contributed by atoms with Gasteiger partial charge in [-0.25, -0.2) is 0 Å². The molecule has 0 aliphatic carbocycles. The molecule has 1 N–H and O–H groups in total. The van der Waals surface area contributed by atoms with Crippen LogP contribution in [-0.2, 0) is 0 Å². The Hall–Kier alpha value is -1.48. The summed E-state index contributed by atoms with van der Waals surface area (Å²) in [7, 11) is 1.68. The first-order valence-electron chi connectivity index (χ1n) is 7.58. The Morgan fingerprint density at radius 2 is 1.95 bits per heavy atom. The highest BCUT2D eigenvalue weighted by atomic mass is 16.5. The Morgan fingerprint density at radius 3 is 2.52 bits per heavy atom. The molecule has 0 spiro atoms. The molecule has 3 heteroatoms. The predicted molar refractivity (Wildman–Crippen MR) is 90.2 cm³/mol. The second-order valence-electron chi connectivity index (χ2n) is 6.35. The summed E-state index contributed by atoms with van der Waals surface area (Å²) < 4.78 is 11.1. The van der Waals surface area contributed by atoms with Crippen molar-refractivity contribution in [1.82, 2.24) is 5.32 Å². The highest BCUT2D eigenvalue weighted by Gasteiger charge is 2.08. The summed E-state index contributed by atoms with van der Waals surface area (Å²) in [6.07, 6.45) is 3.16. The summed E-state index contributed by atoms with van der Waals surface area (Å²) in [5.41, 5.74) is 2.54. The molecule has 118 valence electrons. The predicted octanol–water partition coefficient (Wildman–Crippen LogP) is 4.28. The SMILES string of the molecule is CCCOc1ccc(C=C(C)CNC(C)(C)C)cc1OC. The molecule has 0 amide bonds. The first kappa shape index (κ1) is 17.6. The molecule has 0 aromatic heterocycles. The summed E-state index contributed by atoms with van der Waals surface area (Å²) in [5.74, 6) is 1.59. The number of ether oxygens (including phenoxy) is 2. The molecule has 0 atom stereocenters. The fourth-order valence-corrected chi connectivity index (χ4v) is 1.85. The van der Waals surface area contributed by atoms with E-state index in [0.717, 1.165) is 30.0 Å². The van der Waals surface area contributed by atoms with Gasteiger partial charge in [0.05, 0.1) is 13.7 Å². The van der Waals surface area contributed by atoms with Crippen molar-refractivity contribution in [3.63, 3.8) is 0 Å². The van der Waals surface area contributed by atoms with Crippen molar-refractivity contribution >= 4 is 6.08 Å². The minimum absolute atomic E-state index is 0.130. The summed E-state index contributed by atoms with van der Waals surface area (Å²) in [5, 5.41) is 3.49. The van der Waals surface area contributed by atoms with Crippen molar-refractivity contribution in [2.24, 2.45) is 0 Å². The van der Waals surface area contributed by atoms with E-state index in [0.29, 0.717) is 6.61 Å². The maximum absolute atomic E-state index is 5.67. The quantitative estimate of drug-likeness (QED) is 0.813. The lowest BCUT2D eigenvalue weighted by Crippen LogP contribution is -2.36. The molecule has 0 bridgehead atoms. The van der Waals surface area contributed by atoms with E-state index in [9.17, 15) is 0 Å². The maximum atomic E-state index is 5.67. The van der Waals surface area contributed by atoms with E-state index >= 15 is 0 Å². The number of rotatable bonds is 7. The summed E-state index contributed by atoms with van der Waals surface area (Å²) in [4.78, 5) is 0. The Bertz CT molecular complexity index is 473. The van der Waals surface area contributed by atoms with E-state index in [1.807, 2.05) is 12.1 Å². The average molecular weight is 291 g/mol. The van der Waals surface area contributed by atoms with E-state index < -0.39 is 0 Å². The van der Waals surface area contributed by atoms with Crippen LogP contribution in [0.15, 0.2) is 23.8 Å². The monoisotopic (exact) mass is 291 g/mol. The van der Waals surface area contributed by atoms with E-state index in [2.05, 4.69) is 52.1 Å². The highest BCUT2D eigenvalue weighted by Crippen LogP contribution is 2.29. The third-order valence-corrected chi connectivity index (χ3v) is 2.96. The molecule has 1 rings (SSSR count). The number of benzene rings is 1. The molecule has 0 saturated carbocycles. The largest absolute Gasteiger partial charge is 0.493 e. The van der Waals surface area contributed by atoms with Crippen LogP contribution in [-0.4, -0.2) is 25.8 Å². The number of methoxy groups -OCH3 is 1. The van der Waals surface area contributed by atoms with Crippen LogP contribution in [0.25, 0.3) is 6.08 Å². The van der Waals surface area contributed by atoms with E-state index in [-0.39, 0.29) is 5.54 Å². The van der Waals surface area contributed by atoms with Crippen LogP contribution in [0.2, 0.25) is 0 Å². The van der Waals surface area contributed by atoms with Crippen LogP contribution in [0.3, 0.4) is 0 Å². The Balaban J connectivity index is 2.79. The van der Waals surface area contributed by atoms with E-state index in [4.69, 9.17) is 9.47 Å². The van der Waals surface area contributed by atoms with Gasteiger partial charge in [-0.15, -0.1) is 0 Å². The van der Waals surface area contributed by atoms with Gasteiger partial charge in [-0.3, -0.25) is 0 Å². The molecule has 0 aliphatic heterocycles. The van der Waals surface area contributed by atoms with Crippen LogP contribution >= 0.6 is 0 Å². The van der Waals surface area contributed by atoms with Crippen LogP contribution in [0.1, 0.15) is 46.6 Å². The van der Waals surface area contributed by atoms with Crippen molar-refractivity contribution in [3.8, 4) is 11.5 Å². The van der Waals surface area contributed by atoms with Crippen molar-refractivity contribution in [2.45, 2.75) is 46.6 Å². The van der Waals surface area contributed by atoms with E-state index in [1.54, 1.807) is 7.11 Å². The van der Waals surface area contributed by atoms with Gasteiger partial charge in [0.2, 0.25) is 0 Å². The molecule has 0 fully saturated rings. The standard InChI is InChI=1S/C18H29NO2/c1-7-10-21-16-9-8-15(12-17(16)20-6)11-14(2)13-19-18(3,4)5/h8-9,11-12,19H,7,10,13H2,1-6H3. The second kappa shape index (κ2) is 8.08. The lowest BCUT2D eigenvalue weighted by Gasteiger charge is -2.20. The van der Waals surface area contributed by atoms with Gasteiger partial charge in [-0.1, -0.05) is 24.6 Å². The minimum atomic E-state index is 0.130. The zero-order valence-corrected chi connectivity index (χ0v) is 14.2. The van der Waals surface area contributed by atoms with Gasteiger partial charge in [0.1, 0.15) is 0 Å². The molecule has 21 heavy (non-hydrogen) atoms. The number of hydrogen-bond acceptors (Lipinski definition) is 3. The molecular formula is C18H29NO2. The van der Waals surface area contributed by atoms with Gasteiger partial charge in [-0.05, 0) is 51.8 Å². The molecule has 3 nitrogen and oxygen atoms in total. The van der Waals surface area contributed by atoms with Gasteiger partial charge in [0, 0.05) is 12.1 Å². The fourth-order valence-electron chi connectivity index (χ4n) is 1.85. The number of nitrogens with one attached hydrogen (secondary N) is 1. The highest BCUT2D eigenvalue weighted by molar-refractivity contribution is 5.58. The third-order valence-electron chi connectivity index (χ3n) is 2.96. The topological polar surface area (TPSA) is 30.5 Å². The first-order chi connectivity index (χ1) is 9.85. The third kappa shape index (κ3) is 6.67. The van der Waals surface area contributed by atoms with Crippen molar-refractivity contribution in [3.05, 3.63) is 29.3 Å². The Kier molecular flexibility index (Phi) is 6.76. The van der Waals surface area contributed by atoms with Gasteiger partial charge in [-0.2, -0.15) is 0 Å². The van der Waals surface area contributed by atoms with Crippen molar-refractivity contribution < 1.29 is 9.47 Å². The van der Waals surface area contributed by atoms with Gasteiger partial charge in [0.15, 0.2) is 11.5 Å². The maximum Gasteiger partial charge on any atom is 0.161 e. The molecule has 0 aliphatic rings. The summed E-state index contributed by atoms with van der Waals surface area (Å²) in [6.45, 7) is 12.3. The van der Waals surface area contributed by atoms with E-state index in [1.165, 1.54) is 5.57 Å². The molecule has 0 unspecified atom stereocenters. The molecule has 1 aromatic carbocycles. The zero-order valence-electron chi connectivity index (χ0n) is 14.2. The van der Waals surface area contributed by atoms with Crippen molar-refractivity contribution in [2.75, 3.05) is 20.3 Å². The second-order valence-corrected chi connectivity index (χ2v) is 6.35. The van der Waals surface area contributed by atoms with Crippen LogP contribution < -0.4 is 14.8 Å². The van der Waals surface area contributed by atoms with Gasteiger partial charge in [0.25, 0.3) is 0 Å². The van der Waals surface area contributed by atoms with Crippen molar-refractivity contribution in [1.29, 1.82) is 0 Å². The fraction of sp³-hybridized carbons (Fsp3) is 0.556. The zero-order chi connectivity index (χ0) is 15.9. The lowest BCUT2D eigenvalue weighted by molar-refractivity contribution is 0.294. The van der Waals surface area contributed by atoms with Gasteiger partial charge < -0.3 is 14.8 Å². The molecule has 0 radical (unpaired) electrons. The lowest BCUT2D eigenvalue weighted by atomic mass is 10.1. The molecule has 0 heterocycles. The van der Waals surface area contributed by atoms with Crippen LogP contribution in [0.4, 0.5) is 0 Å². The Labute approximate surface area is 129 Å². The Morgan fingerprint density at radius 1 is 1.24 bits per heavy atom. The summed E-state index contributed by atoms with van der Waals surface area (Å²) in [6, 6.07) is 6.06. The smallest absolute Gasteiger partial charge is 0.161 e. The summed E-state index contributed by atoms with van der Waals surface area (Å²) >= 11 is 0. The van der Waals surface area contributed by atoms with Crippen LogP contribution in [0, 0.1) is 0 Å². The molecule has 0 saturated heterocycles. The molecular weight excluding hydrogens is 262 g/mol. The van der Waals surface area contributed by atoms with Gasteiger partial charge >= 0.3 is 0 Å². The number of hydrogen-bond donors (Lipinski definition) is 1. The minimum Gasteiger partial charge on any atom is -0.493 e. The molecule has 1 aromatic rings. The van der Waals surface area contributed by atoms with Crippen LogP contribution in [0.5, 0.6) is 11.5 Å². The average Bonchev–Trinajstić information content (AvgIpc) is 2.43.